The molecule has 1 fully saturated rings. The summed E-state index contributed by atoms with van der Waals surface area (Å²) in [6.07, 6.45) is 5.14. The maximum absolute atomic E-state index is 12.1. The van der Waals surface area contributed by atoms with Gasteiger partial charge in [0.2, 0.25) is 5.91 Å². The Balaban J connectivity index is 1.39. The van der Waals surface area contributed by atoms with Gasteiger partial charge in [-0.3, -0.25) is 4.79 Å². The molecule has 0 atom stereocenters. The first kappa shape index (κ1) is 18.8. The molecular formula is C21H25NO3S. The summed E-state index contributed by atoms with van der Waals surface area (Å²) < 4.78 is 11.0. The molecule has 0 spiro atoms. The van der Waals surface area contributed by atoms with Crippen molar-refractivity contribution < 1.29 is 14.3 Å². The molecule has 138 valence electrons. The van der Waals surface area contributed by atoms with Crippen molar-refractivity contribution >= 4 is 23.4 Å². The molecule has 0 heterocycles. The Hall–Kier alpha value is -1.98. The van der Waals surface area contributed by atoms with Crippen LogP contribution in [0.5, 0.6) is 5.75 Å². The van der Waals surface area contributed by atoms with Crippen LogP contribution in [0.15, 0.2) is 59.5 Å². The molecule has 1 aliphatic carbocycles. The van der Waals surface area contributed by atoms with E-state index >= 15 is 0 Å². The zero-order valence-corrected chi connectivity index (χ0v) is 15.7. The summed E-state index contributed by atoms with van der Waals surface area (Å²) in [4.78, 5) is 13.3. The Labute approximate surface area is 159 Å². The van der Waals surface area contributed by atoms with Crippen molar-refractivity contribution in [3.63, 3.8) is 0 Å². The van der Waals surface area contributed by atoms with Gasteiger partial charge in [0.05, 0.1) is 12.3 Å². The molecule has 3 rings (SSSR count). The summed E-state index contributed by atoms with van der Waals surface area (Å²) in [6, 6.07) is 17.6. The predicted octanol–water partition coefficient (Wildman–Crippen LogP) is 4.76. The van der Waals surface area contributed by atoms with Crippen molar-refractivity contribution in [2.45, 2.75) is 35.8 Å². The number of thioether (sulfide) groups is 1. The summed E-state index contributed by atoms with van der Waals surface area (Å²) >= 11 is 1.87. The molecule has 0 radical (unpaired) electrons. The molecule has 1 N–H and O–H groups in total. The van der Waals surface area contributed by atoms with Gasteiger partial charge in [-0.15, -0.1) is 11.8 Å². The Morgan fingerprint density at radius 1 is 1.00 bits per heavy atom. The number of hydrogen-bond donors (Lipinski definition) is 1. The number of carbonyl (C=O) groups is 1. The van der Waals surface area contributed by atoms with Gasteiger partial charge in [0.1, 0.15) is 19.0 Å². The smallest absolute Gasteiger partial charge is 0.250 e. The van der Waals surface area contributed by atoms with Crippen molar-refractivity contribution in [3.8, 4) is 5.75 Å². The quantitative estimate of drug-likeness (QED) is 0.646. The van der Waals surface area contributed by atoms with Crippen LogP contribution < -0.4 is 10.1 Å². The minimum atomic E-state index is -0.135. The Kier molecular flexibility index (Phi) is 7.40. The predicted molar refractivity (Wildman–Crippen MR) is 106 cm³/mol. The van der Waals surface area contributed by atoms with Gasteiger partial charge in [-0.2, -0.15) is 0 Å². The first-order valence-corrected chi connectivity index (χ1v) is 10.0. The standard InChI is InChI=1S/C21H25NO3S/c23-21(16-24-14-15-25-17-8-2-1-3-9-17)22-19-12-6-7-13-20(19)26-18-10-4-5-11-18/h1-3,6-9,12-13,18H,4-5,10-11,14-16H2,(H,22,23). The molecule has 1 aliphatic rings. The Bertz CT molecular complexity index is 687. The molecule has 5 heteroatoms. The Morgan fingerprint density at radius 3 is 2.54 bits per heavy atom. The Morgan fingerprint density at radius 2 is 1.73 bits per heavy atom. The summed E-state index contributed by atoms with van der Waals surface area (Å²) in [5.74, 6) is 0.669. The zero-order chi connectivity index (χ0) is 18.0. The second-order valence-electron chi connectivity index (χ2n) is 6.28. The van der Waals surface area contributed by atoms with Gasteiger partial charge in [-0.1, -0.05) is 43.2 Å². The van der Waals surface area contributed by atoms with E-state index in [0.717, 1.165) is 16.3 Å². The monoisotopic (exact) mass is 371 g/mol. The van der Waals surface area contributed by atoms with Crippen LogP contribution >= 0.6 is 11.8 Å². The molecule has 1 amide bonds. The van der Waals surface area contributed by atoms with Crippen molar-refractivity contribution in [2.75, 3.05) is 25.1 Å². The van der Waals surface area contributed by atoms with E-state index in [4.69, 9.17) is 9.47 Å². The second kappa shape index (κ2) is 10.2. The minimum absolute atomic E-state index is 0.0284. The van der Waals surface area contributed by atoms with Crippen LogP contribution in [0.3, 0.4) is 0 Å². The highest BCUT2D eigenvalue weighted by Gasteiger charge is 2.18. The van der Waals surface area contributed by atoms with E-state index in [1.807, 2.05) is 60.3 Å². The molecule has 0 bridgehead atoms. The molecule has 0 aliphatic heterocycles. The number of para-hydroxylation sites is 2. The first-order chi connectivity index (χ1) is 12.8. The highest BCUT2D eigenvalue weighted by molar-refractivity contribution is 8.00. The average Bonchev–Trinajstić information content (AvgIpc) is 3.17. The van der Waals surface area contributed by atoms with Gasteiger partial charge >= 0.3 is 0 Å². The van der Waals surface area contributed by atoms with E-state index < -0.39 is 0 Å². The van der Waals surface area contributed by atoms with Gasteiger partial charge in [0.25, 0.3) is 0 Å². The number of amides is 1. The maximum atomic E-state index is 12.1. The summed E-state index contributed by atoms with van der Waals surface area (Å²) in [5.41, 5.74) is 0.874. The number of carbonyl (C=O) groups excluding carboxylic acids is 1. The average molecular weight is 372 g/mol. The van der Waals surface area contributed by atoms with E-state index in [9.17, 15) is 4.79 Å². The second-order valence-corrected chi connectivity index (χ2v) is 7.62. The van der Waals surface area contributed by atoms with Gasteiger partial charge in [-0.05, 0) is 37.1 Å². The number of ether oxygens (including phenoxy) is 2. The molecule has 4 nitrogen and oxygen atoms in total. The lowest BCUT2D eigenvalue weighted by atomic mass is 10.3. The molecular weight excluding hydrogens is 346 g/mol. The summed E-state index contributed by atoms with van der Waals surface area (Å²) in [7, 11) is 0. The van der Waals surface area contributed by atoms with Crippen LogP contribution in [0.1, 0.15) is 25.7 Å². The van der Waals surface area contributed by atoms with Crippen LogP contribution in [0.2, 0.25) is 0 Å². The third kappa shape index (κ3) is 6.07. The van der Waals surface area contributed by atoms with Crippen molar-refractivity contribution in [2.24, 2.45) is 0 Å². The van der Waals surface area contributed by atoms with E-state index in [2.05, 4.69) is 11.4 Å². The molecule has 2 aromatic rings. The van der Waals surface area contributed by atoms with Crippen LogP contribution in [0.4, 0.5) is 5.69 Å². The fourth-order valence-corrected chi connectivity index (χ4v) is 4.28. The van der Waals surface area contributed by atoms with Crippen LogP contribution in [-0.2, 0) is 9.53 Å². The number of rotatable bonds is 9. The molecule has 0 saturated heterocycles. The lowest BCUT2D eigenvalue weighted by Crippen LogP contribution is -2.20. The van der Waals surface area contributed by atoms with Crippen LogP contribution in [0.25, 0.3) is 0 Å². The molecule has 26 heavy (non-hydrogen) atoms. The van der Waals surface area contributed by atoms with Crippen molar-refractivity contribution in [1.82, 2.24) is 0 Å². The third-order valence-corrected chi connectivity index (χ3v) is 5.64. The maximum Gasteiger partial charge on any atom is 0.250 e. The SMILES string of the molecule is O=C(COCCOc1ccccc1)Nc1ccccc1SC1CCCC1. The van der Waals surface area contributed by atoms with Gasteiger partial charge in [0, 0.05) is 10.1 Å². The summed E-state index contributed by atoms with van der Waals surface area (Å²) in [6.45, 7) is 0.826. The van der Waals surface area contributed by atoms with E-state index in [0.29, 0.717) is 18.5 Å². The molecule has 2 aromatic carbocycles. The molecule has 0 unspecified atom stereocenters. The van der Waals surface area contributed by atoms with E-state index in [1.165, 1.54) is 25.7 Å². The molecule has 1 saturated carbocycles. The first-order valence-electron chi connectivity index (χ1n) is 9.12. The van der Waals surface area contributed by atoms with Crippen molar-refractivity contribution in [1.29, 1.82) is 0 Å². The third-order valence-electron chi connectivity index (χ3n) is 4.23. The van der Waals surface area contributed by atoms with E-state index in [-0.39, 0.29) is 12.5 Å². The highest BCUT2D eigenvalue weighted by Crippen LogP contribution is 2.37. The molecule has 0 aromatic heterocycles. The number of nitrogens with one attached hydrogen (secondary N) is 1. The van der Waals surface area contributed by atoms with Crippen molar-refractivity contribution in [3.05, 3.63) is 54.6 Å². The van der Waals surface area contributed by atoms with Crippen LogP contribution in [0, 0.1) is 0 Å². The fourth-order valence-electron chi connectivity index (χ4n) is 2.94. The largest absolute Gasteiger partial charge is 0.491 e. The lowest BCUT2D eigenvalue weighted by molar-refractivity contribution is -0.120. The van der Waals surface area contributed by atoms with Gasteiger partial charge in [0.15, 0.2) is 0 Å². The van der Waals surface area contributed by atoms with Crippen LogP contribution in [-0.4, -0.2) is 31.0 Å². The topological polar surface area (TPSA) is 47.6 Å². The number of anilines is 1. The van der Waals surface area contributed by atoms with Gasteiger partial charge in [-0.25, -0.2) is 0 Å². The summed E-state index contributed by atoms with van der Waals surface area (Å²) in [5, 5.41) is 3.63. The minimum Gasteiger partial charge on any atom is -0.491 e. The fraction of sp³-hybridized carbons (Fsp3) is 0.381. The lowest BCUT2D eigenvalue weighted by Gasteiger charge is -2.14. The zero-order valence-electron chi connectivity index (χ0n) is 14.9. The highest BCUT2D eigenvalue weighted by atomic mass is 32.2. The van der Waals surface area contributed by atoms with Gasteiger partial charge < -0.3 is 14.8 Å². The normalized spacial score (nSPS) is 14.3. The van der Waals surface area contributed by atoms with E-state index in [1.54, 1.807) is 0 Å². The number of hydrogen-bond acceptors (Lipinski definition) is 4. The number of benzene rings is 2.